The van der Waals surface area contributed by atoms with Gasteiger partial charge in [0, 0.05) is 37.5 Å². The summed E-state index contributed by atoms with van der Waals surface area (Å²) in [5, 5.41) is 10.8. The number of hydrogen-bond acceptors (Lipinski definition) is 5. The molecule has 0 spiro atoms. The monoisotopic (exact) mass is 445 g/mol. The van der Waals surface area contributed by atoms with Crippen LogP contribution in [0.25, 0.3) is 0 Å². The molecule has 3 atom stereocenters. The van der Waals surface area contributed by atoms with E-state index in [4.69, 9.17) is 4.74 Å². The zero-order valence-corrected chi connectivity index (χ0v) is 18.1. The summed E-state index contributed by atoms with van der Waals surface area (Å²) in [6.07, 6.45) is -0.417. The molecule has 170 valence electrons. The summed E-state index contributed by atoms with van der Waals surface area (Å²) in [7, 11) is 0. The highest BCUT2D eigenvalue weighted by Gasteiger charge is 2.60. The van der Waals surface area contributed by atoms with Crippen molar-refractivity contribution in [2.45, 2.75) is 39.0 Å². The van der Waals surface area contributed by atoms with Crippen molar-refractivity contribution in [3.8, 4) is 0 Å². The predicted molar refractivity (Wildman–Crippen MR) is 114 cm³/mol. The Morgan fingerprint density at radius 2 is 1.72 bits per heavy atom. The van der Waals surface area contributed by atoms with E-state index in [-0.39, 0.29) is 23.6 Å². The van der Waals surface area contributed by atoms with Gasteiger partial charge >= 0.3 is 6.09 Å². The topological polar surface area (TPSA) is 75.9 Å². The lowest BCUT2D eigenvalue weighted by Crippen LogP contribution is -2.41. The van der Waals surface area contributed by atoms with E-state index in [1.165, 1.54) is 0 Å². The zero-order chi connectivity index (χ0) is 23.2. The van der Waals surface area contributed by atoms with Gasteiger partial charge in [0.25, 0.3) is 5.69 Å². The third kappa shape index (κ3) is 4.37. The summed E-state index contributed by atoms with van der Waals surface area (Å²) in [5.41, 5.74) is -0.557. The Bertz CT molecular complexity index is 1010. The van der Waals surface area contributed by atoms with Crippen molar-refractivity contribution in [2.24, 2.45) is 11.8 Å². The Hall–Kier alpha value is -3.23. The van der Waals surface area contributed by atoms with Gasteiger partial charge in [0.15, 0.2) is 11.6 Å². The van der Waals surface area contributed by atoms with Crippen LogP contribution in [0, 0.1) is 33.6 Å². The van der Waals surface area contributed by atoms with Crippen molar-refractivity contribution in [3.63, 3.8) is 0 Å². The van der Waals surface area contributed by atoms with E-state index in [2.05, 4.69) is 0 Å². The molecule has 9 heteroatoms. The molecule has 7 nitrogen and oxygen atoms in total. The molecule has 2 aromatic rings. The minimum Gasteiger partial charge on any atom is -0.444 e. The minimum absolute atomic E-state index is 0.0419. The van der Waals surface area contributed by atoms with E-state index >= 15 is 0 Å². The van der Waals surface area contributed by atoms with Crippen molar-refractivity contribution < 1.29 is 23.2 Å². The molecule has 1 amide bonds. The molecule has 2 aliphatic rings. The molecule has 32 heavy (non-hydrogen) atoms. The average Bonchev–Trinajstić information content (AvgIpc) is 3.17. The fourth-order valence-corrected chi connectivity index (χ4v) is 4.49. The fraction of sp³-hybridized carbons (Fsp3) is 0.435. The van der Waals surface area contributed by atoms with Crippen LogP contribution >= 0.6 is 0 Å². The van der Waals surface area contributed by atoms with E-state index in [0.29, 0.717) is 19.6 Å². The molecule has 2 fully saturated rings. The number of nitro benzene ring substituents is 1. The Morgan fingerprint density at radius 1 is 1.16 bits per heavy atom. The summed E-state index contributed by atoms with van der Waals surface area (Å²) in [6, 6.07) is 11.0. The molecule has 1 saturated heterocycles. The molecule has 1 saturated carbocycles. The number of nitrogens with zero attached hydrogens (tertiary/aromatic N) is 3. The van der Waals surface area contributed by atoms with Gasteiger partial charge in [-0.1, -0.05) is 30.3 Å². The van der Waals surface area contributed by atoms with Crippen LogP contribution in [0.4, 0.5) is 25.0 Å². The number of nitro groups is 1. The number of carbonyl (C=O) groups excluding carboxylic acids is 1. The number of ether oxygens (including phenoxy) is 1. The summed E-state index contributed by atoms with van der Waals surface area (Å²) in [6.45, 7) is 6.52. The predicted octanol–water partition coefficient (Wildman–Crippen LogP) is 4.74. The summed E-state index contributed by atoms with van der Waals surface area (Å²) >= 11 is 0. The van der Waals surface area contributed by atoms with Crippen LogP contribution in [0.15, 0.2) is 42.5 Å². The van der Waals surface area contributed by atoms with Crippen LogP contribution in [0.5, 0.6) is 0 Å². The first-order valence-corrected chi connectivity index (χ1v) is 10.5. The number of hydrogen-bond donors (Lipinski definition) is 0. The highest BCUT2D eigenvalue weighted by Crippen LogP contribution is 2.51. The van der Waals surface area contributed by atoms with Crippen LogP contribution in [0.3, 0.4) is 0 Å². The number of rotatable bonds is 5. The molecule has 0 N–H and O–H groups in total. The number of amides is 1. The lowest BCUT2D eigenvalue weighted by atomic mass is 10.2. The first-order chi connectivity index (χ1) is 15.0. The largest absolute Gasteiger partial charge is 0.444 e. The van der Waals surface area contributed by atoms with Crippen LogP contribution in [-0.4, -0.2) is 40.6 Å². The van der Waals surface area contributed by atoms with Crippen molar-refractivity contribution in [2.75, 3.05) is 18.0 Å². The first-order valence-electron chi connectivity index (χ1n) is 10.5. The molecule has 1 aliphatic heterocycles. The van der Waals surface area contributed by atoms with Crippen LogP contribution in [0.1, 0.15) is 26.3 Å². The Labute approximate surface area is 184 Å². The molecule has 1 aliphatic carbocycles. The number of fused-ring (bicyclic) bond motifs is 1. The van der Waals surface area contributed by atoms with Gasteiger partial charge in [-0.2, -0.15) is 0 Å². The van der Waals surface area contributed by atoms with Gasteiger partial charge in [-0.25, -0.2) is 13.6 Å². The number of anilines is 1. The second-order valence-corrected chi connectivity index (χ2v) is 9.33. The maximum Gasteiger partial charge on any atom is 0.410 e. The number of halogens is 2. The highest BCUT2D eigenvalue weighted by molar-refractivity contribution is 5.70. The molecule has 2 aromatic carbocycles. The molecule has 0 unspecified atom stereocenters. The van der Waals surface area contributed by atoms with Crippen LogP contribution in [-0.2, 0) is 11.3 Å². The number of carbonyl (C=O) groups is 1. The lowest BCUT2D eigenvalue weighted by Gasteiger charge is -2.31. The second-order valence-electron chi connectivity index (χ2n) is 9.33. The minimum atomic E-state index is -0.956. The van der Waals surface area contributed by atoms with Gasteiger partial charge in [-0.15, -0.1) is 0 Å². The van der Waals surface area contributed by atoms with Gasteiger partial charge in [-0.3, -0.25) is 10.1 Å². The van der Waals surface area contributed by atoms with Crippen molar-refractivity contribution in [1.82, 2.24) is 4.90 Å². The van der Waals surface area contributed by atoms with E-state index in [9.17, 15) is 23.7 Å². The molecular formula is C23H25F2N3O4. The van der Waals surface area contributed by atoms with Gasteiger partial charge < -0.3 is 14.5 Å². The van der Waals surface area contributed by atoms with Crippen LogP contribution < -0.4 is 4.90 Å². The molecule has 1 heterocycles. The molecular weight excluding hydrogens is 420 g/mol. The highest BCUT2D eigenvalue weighted by atomic mass is 19.1. The van der Waals surface area contributed by atoms with Gasteiger partial charge in [0.2, 0.25) is 0 Å². The molecule has 0 bridgehead atoms. The summed E-state index contributed by atoms with van der Waals surface area (Å²) in [5.74, 6) is -1.83. The first kappa shape index (κ1) is 22.0. The number of non-ortho nitro benzene ring substituents is 1. The van der Waals surface area contributed by atoms with Gasteiger partial charge in [-0.05, 0) is 26.3 Å². The average molecular weight is 445 g/mol. The third-order valence-electron chi connectivity index (χ3n) is 5.86. The fourth-order valence-electron chi connectivity index (χ4n) is 4.49. The van der Waals surface area contributed by atoms with Crippen molar-refractivity contribution in [1.29, 1.82) is 0 Å². The maximum absolute atomic E-state index is 14.5. The Morgan fingerprint density at radius 3 is 2.22 bits per heavy atom. The van der Waals surface area contributed by atoms with Crippen molar-refractivity contribution >= 4 is 17.5 Å². The van der Waals surface area contributed by atoms with Crippen LogP contribution in [0.2, 0.25) is 0 Å². The number of piperidine rings is 1. The zero-order valence-electron chi connectivity index (χ0n) is 18.1. The summed E-state index contributed by atoms with van der Waals surface area (Å²) < 4.78 is 34.5. The number of benzene rings is 2. The normalized spacial score (nSPS) is 21.8. The van der Waals surface area contributed by atoms with E-state index in [1.807, 2.05) is 30.3 Å². The third-order valence-corrected chi connectivity index (χ3v) is 5.86. The van der Waals surface area contributed by atoms with Gasteiger partial charge in [0.1, 0.15) is 11.3 Å². The Balaban J connectivity index is 1.51. The molecule has 0 radical (unpaired) electrons. The second kappa shape index (κ2) is 8.03. The van der Waals surface area contributed by atoms with E-state index in [1.54, 1.807) is 30.6 Å². The van der Waals surface area contributed by atoms with Gasteiger partial charge in [0.05, 0.1) is 17.1 Å². The summed E-state index contributed by atoms with van der Waals surface area (Å²) in [4.78, 5) is 26.2. The maximum atomic E-state index is 14.5. The van der Waals surface area contributed by atoms with E-state index < -0.39 is 33.9 Å². The smallest absolute Gasteiger partial charge is 0.410 e. The standard InChI is InChI=1S/C23H25F2N3O4/c1-23(2,3)32-22(29)27(11-14-7-5-4-6-8-14)20-16-12-26(13-17(16)20)21-18(24)9-15(28(30)31)10-19(21)25/h4-10,16-17,20H,11-13H2,1-3H3/t16-,17+,20+. The van der Waals surface area contributed by atoms with E-state index in [0.717, 1.165) is 17.7 Å². The Kier molecular flexibility index (Phi) is 5.52. The SMILES string of the molecule is CC(C)(C)OC(=O)N(Cc1ccccc1)[C@H]1[C@@H]2CN(c3c(F)cc([N+](=O)[O-])cc3F)C[C@@H]21. The molecule has 4 rings (SSSR count). The quantitative estimate of drug-likeness (QED) is 0.491. The lowest BCUT2D eigenvalue weighted by molar-refractivity contribution is -0.385. The molecule has 0 aromatic heterocycles. The van der Waals surface area contributed by atoms with Crippen molar-refractivity contribution in [3.05, 3.63) is 69.8 Å².